The fourth-order valence-electron chi connectivity index (χ4n) is 4.77. The minimum absolute atomic E-state index is 0.738. The van der Waals surface area contributed by atoms with Crippen molar-refractivity contribution in [1.82, 2.24) is 20.6 Å². The smallest absolute Gasteiger partial charge is 0.0460 e. The third-order valence-corrected chi connectivity index (χ3v) is 6.40. The van der Waals surface area contributed by atoms with Crippen LogP contribution in [0.4, 0.5) is 0 Å². The second-order valence-corrected chi connectivity index (χ2v) is 8.25. The highest BCUT2D eigenvalue weighted by molar-refractivity contribution is 5.92. The van der Waals surface area contributed by atoms with Crippen LogP contribution < -0.4 is 10.6 Å². The van der Waals surface area contributed by atoms with E-state index in [0.717, 1.165) is 38.5 Å². The molecule has 1 saturated heterocycles. The van der Waals surface area contributed by atoms with Gasteiger partial charge in [-0.3, -0.25) is 0 Å². The second kappa shape index (κ2) is 8.90. The summed E-state index contributed by atoms with van der Waals surface area (Å²) >= 11 is 0. The summed E-state index contributed by atoms with van der Waals surface area (Å²) < 4.78 is 0. The number of hydrogen-bond acceptors (Lipinski definition) is 2. The molecule has 0 radical (unpaired) electrons. The van der Waals surface area contributed by atoms with Crippen molar-refractivity contribution in [2.24, 2.45) is 0 Å². The average Bonchev–Trinajstić information content (AvgIpc) is 3.45. The summed E-state index contributed by atoms with van der Waals surface area (Å²) in [7, 11) is 0. The maximum atomic E-state index is 3.41. The molecule has 2 aliphatic rings. The van der Waals surface area contributed by atoms with Crippen LogP contribution >= 0.6 is 0 Å². The number of benzene rings is 2. The molecule has 4 heteroatoms. The van der Waals surface area contributed by atoms with Gasteiger partial charge in [-0.1, -0.05) is 42.5 Å². The number of aromatic amines is 2. The lowest BCUT2D eigenvalue weighted by molar-refractivity contribution is 0.462. The SMILES string of the molecule is C1=C(c2c[nH]c3ccccc23)CCNC1.c1ccc2c(C3CCNCC3)c[nH]c2c1. The number of rotatable bonds is 2. The molecule has 4 aromatic rings. The molecule has 154 valence electrons. The summed E-state index contributed by atoms with van der Waals surface area (Å²) in [6.07, 6.45) is 10.3. The lowest BCUT2D eigenvalue weighted by atomic mass is 9.90. The molecular formula is C26H30N4. The Morgan fingerprint density at radius 2 is 1.40 bits per heavy atom. The Labute approximate surface area is 177 Å². The molecule has 4 nitrogen and oxygen atoms in total. The molecule has 0 atom stereocenters. The quantitative estimate of drug-likeness (QED) is 0.376. The minimum atomic E-state index is 0.738. The molecule has 2 aromatic carbocycles. The second-order valence-electron chi connectivity index (χ2n) is 8.25. The molecule has 4 heterocycles. The van der Waals surface area contributed by atoms with Crippen LogP contribution in [-0.2, 0) is 0 Å². The summed E-state index contributed by atoms with van der Waals surface area (Å²) in [5.74, 6) is 0.738. The van der Waals surface area contributed by atoms with Gasteiger partial charge >= 0.3 is 0 Å². The molecule has 0 aliphatic carbocycles. The zero-order valence-corrected chi connectivity index (χ0v) is 17.4. The first-order chi connectivity index (χ1) is 14.9. The summed E-state index contributed by atoms with van der Waals surface area (Å²) in [5, 5.41) is 9.50. The van der Waals surface area contributed by atoms with Gasteiger partial charge in [-0.15, -0.1) is 0 Å². The van der Waals surface area contributed by atoms with Crippen LogP contribution in [0.15, 0.2) is 67.0 Å². The van der Waals surface area contributed by atoms with Crippen molar-refractivity contribution < 1.29 is 0 Å². The predicted molar refractivity (Wildman–Crippen MR) is 127 cm³/mol. The van der Waals surface area contributed by atoms with Crippen molar-refractivity contribution in [3.05, 3.63) is 78.1 Å². The maximum Gasteiger partial charge on any atom is 0.0460 e. The molecule has 1 fully saturated rings. The molecule has 0 unspecified atom stereocenters. The van der Waals surface area contributed by atoms with Gasteiger partial charge < -0.3 is 20.6 Å². The number of nitrogens with one attached hydrogen (secondary N) is 4. The number of piperidine rings is 1. The Kier molecular flexibility index (Phi) is 5.69. The largest absolute Gasteiger partial charge is 0.361 e. The van der Waals surface area contributed by atoms with Crippen molar-refractivity contribution in [3.8, 4) is 0 Å². The lowest BCUT2D eigenvalue weighted by Crippen LogP contribution is -2.26. The van der Waals surface area contributed by atoms with Gasteiger partial charge in [0.25, 0.3) is 0 Å². The van der Waals surface area contributed by atoms with Gasteiger partial charge in [0, 0.05) is 46.3 Å². The van der Waals surface area contributed by atoms with Crippen LogP contribution in [0.5, 0.6) is 0 Å². The Hall–Kier alpha value is -2.82. The predicted octanol–water partition coefficient (Wildman–Crippen LogP) is 5.18. The van der Waals surface area contributed by atoms with E-state index >= 15 is 0 Å². The number of fused-ring (bicyclic) bond motifs is 2. The number of H-pyrrole nitrogens is 2. The summed E-state index contributed by atoms with van der Waals surface area (Å²) in [4.78, 5) is 6.69. The molecule has 0 saturated carbocycles. The first-order valence-corrected chi connectivity index (χ1v) is 11.1. The van der Waals surface area contributed by atoms with Crippen molar-refractivity contribution in [1.29, 1.82) is 0 Å². The van der Waals surface area contributed by atoms with E-state index in [9.17, 15) is 0 Å². The molecule has 4 N–H and O–H groups in total. The van der Waals surface area contributed by atoms with Crippen LogP contribution in [0.1, 0.15) is 36.3 Å². The van der Waals surface area contributed by atoms with E-state index in [2.05, 4.69) is 87.6 Å². The van der Waals surface area contributed by atoms with Gasteiger partial charge in [-0.2, -0.15) is 0 Å². The normalized spacial score (nSPS) is 17.5. The average molecular weight is 399 g/mol. The molecule has 30 heavy (non-hydrogen) atoms. The molecule has 2 aromatic heterocycles. The van der Waals surface area contributed by atoms with E-state index in [-0.39, 0.29) is 0 Å². The van der Waals surface area contributed by atoms with Gasteiger partial charge in [-0.05, 0) is 68.1 Å². The van der Waals surface area contributed by atoms with E-state index in [1.165, 1.54) is 51.3 Å². The van der Waals surface area contributed by atoms with E-state index < -0.39 is 0 Å². The number of para-hydroxylation sites is 2. The van der Waals surface area contributed by atoms with Crippen molar-refractivity contribution in [2.75, 3.05) is 26.2 Å². The minimum Gasteiger partial charge on any atom is -0.361 e. The first kappa shape index (κ1) is 19.2. The summed E-state index contributed by atoms with van der Waals surface area (Å²) in [6, 6.07) is 17.1. The highest BCUT2D eigenvalue weighted by atomic mass is 14.9. The molecule has 0 spiro atoms. The van der Waals surface area contributed by atoms with Crippen molar-refractivity contribution >= 4 is 27.4 Å². The van der Waals surface area contributed by atoms with Gasteiger partial charge in [-0.25, -0.2) is 0 Å². The summed E-state index contributed by atoms with van der Waals surface area (Å²) in [5.41, 5.74) is 6.84. The third-order valence-electron chi connectivity index (χ3n) is 6.40. The van der Waals surface area contributed by atoms with Gasteiger partial charge in [0.1, 0.15) is 0 Å². The first-order valence-electron chi connectivity index (χ1n) is 11.1. The van der Waals surface area contributed by atoms with Crippen LogP contribution in [0.25, 0.3) is 27.4 Å². The topological polar surface area (TPSA) is 55.6 Å². The van der Waals surface area contributed by atoms with Crippen molar-refractivity contribution in [3.63, 3.8) is 0 Å². The van der Waals surface area contributed by atoms with E-state index in [1.807, 2.05) is 0 Å². The lowest BCUT2D eigenvalue weighted by Gasteiger charge is -2.22. The van der Waals surface area contributed by atoms with Crippen molar-refractivity contribution in [2.45, 2.75) is 25.2 Å². The summed E-state index contributed by atoms with van der Waals surface area (Å²) in [6.45, 7) is 4.40. The highest BCUT2D eigenvalue weighted by Gasteiger charge is 2.17. The van der Waals surface area contributed by atoms with Gasteiger partial charge in [0.15, 0.2) is 0 Å². The van der Waals surface area contributed by atoms with E-state index in [0.29, 0.717) is 0 Å². The standard InChI is InChI=1S/C13H16N2.C13H14N2/c2*1-2-4-13-11(3-1)12(9-15-13)10-5-7-14-8-6-10/h1-4,9-10,14-15H,5-8H2;1-5,9,14-15H,6-8H2. The van der Waals surface area contributed by atoms with Gasteiger partial charge in [0.2, 0.25) is 0 Å². The zero-order valence-electron chi connectivity index (χ0n) is 17.4. The molecule has 0 bridgehead atoms. The van der Waals surface area contributed by atoms with E-state index in [1.54, 1.807) is 0 Å². The fraction of sp³-hybridized carbons (Fsp3) is 0.308. The van der Waals surface area contributed by atoms with Crippen LogP contribution in [0.2, 0.25) is 0 Å². The van der Waals surface area contributed by atoms with Gasteiger partial charge in [0.05, 0.1) is 0 Å². The van der Waals surface area contributed by atoms with E-state index in [4.69, 9.17) is 0 Å². The third kappa shape index (κ3) is 3.93. The van der Waals surface area contributed by atoms with Crippen LogP contribution in [-0.4, -0.2) is 36.1 Å². The number of hydrogen-bond donors (Lipinski definition) is 4. The van der Waals surface area contributed by atoms with Crippen LogP contribution in [0.3, 0.4) is 0 Å². The Bertz CT molecular complexity index is 1140. The highest BCUT2D eigenvalue weighted by Crippen LogP contribution is 2.31. The molecule has 0 amide bonds. The maximum absolute atomic E-state index is 3.41. The molecular weight excluding hydrogens is 368 g/mol. The Morgan fingerprint density at radius 3 is 2.17 bits per heavy atom. The Morgan fingerprint density at radius 1 is 0.700 bits per heavy atom. The zero-order chi connectivity index (χ0) is 20.2. The fourth-order valence-corrected chi connectivity index (χ4v) is 4.77. The monoisotopic (exact) mass is 398 g/mol. The molecule has 2 aliphatic heterocycles. The Balaban J connectivity index is 0.000000128. The molecule has 6 rings (SSSR count). The number of aromatic nitrogens is 2. The van der Waals surface area contributed by atoms with Crippen LogP contribution in [0, 0.1) is 0 Å².